The van der Waals surface area contributed by atoms with E-state index in [0.29, 0.717) is 5.75 Å². The normalized spacial score (nSPS) is 24.4. The molecule has 1 fully saturated rings. The topological polar surface area (TPSA) is 54.5 Å². The lowest BCUT2D eigenvalue weighted by molar-refractivity contribution is -0.132. The van der Waals surface area contributed by atoms with E-state index in [1.54, 1.807) is 0 Å². The van der Waals surface area contributed by atoms with E-state index in [1.165, 1.54) is 13.8 Å². The molecular formula is C11H21NO3S2. The van der Waals surface area contributed by atoms with E-state index in [1.807, 2.05) is 20.8 Å². The number of hydrogen-bond donors (Lipinski definition) is 1. The highest BCUT2D eigenvalue weighted by Gasteiger charge is 2.60. The van der Waals surface area contributed by atoms with Gasteiger partial charge < -0.3 is 0 Å². The van der Waals surface area contributed by atoms with E-state index in [2.05, 4.69) is 12.6 Å². The summed E-state index contributed by atoms with van der Waals surface area (Å²) in [7, 11) is -3.47. The van der Waals surface area contributed by atoms with Gasteiger partial charge in [-0.05, 0) is 30.9 Å². The summed E-state index contributed by atoms with van der Waals surface area (Å²) < 4.78 is 23.6. The maximum atomic E-state index is 11.9. The molecule has 0 aromatic rings. The second kappa shape index (κ2) is 4.16. The van der Waals surface area contributed by atoms with Crippen molar-refractivity contribution in [3.05, 3.63) is 0 Å². The molecule has 100 valence electrons. The van der Waals surface area contributed by atoms with Crippen LogP contribution in [0.2, 0.25) is 0 Å². The van der Waals surface area contributed by atoms with Gasteiger partial charge in [-0.3, -0.25) is 4.79 Å². The van der Waals surface area contributed by atoms with Gasteiger partial charge in [-0.15, -0.1) is 0 Å². The second-order valence-corrected chi connectivity index (χ2v) is 8.87. The predicted octanol–water partition coefficient (Wildman–Crippen LogP) is 1.53. The molecule has 1 aliphatic rings. The van der Waals surface area contributed by atoms with Crippen molar-refractivity contribution in [3.63, 3.8) is 0 Å². The zero-order valence-corrected chi connectivity index (χ0v) is 12.7. The number of sulfonamides is 1. The van der Waals surface area contributed by atoms with Gasteiger partial charge in [0.25, 0.3) is 15.9 Å². The van der Waals surface area contributed by atoms with Crippen molar-refractivity contribution in [1.82, 2.24) is 4.31 Å². The number of nitrogens with zero attached hydrogens (tertiary/aromatic N) is 1. The number of rotatable bonds is 3. The van der Waals surface area contributed by atoms with Gasteiger partial charge in [-0.1, -0.05) is 20.8 Å². The summed E-state index contributed by atoms with van der Waals surface area (Å²) in [6.45, 7) is 9.21. The molecule has 0 aliphatic carbocycles. The highest BCUT2D eigenvalue weighted by molar-refractivity contribution is 7.94. The SMILES string of the molecule is CC(C)(C)C(CS)CN1C(=O)C(C)(C)S1(=O)=O. The maximum absolute atomic E-state index is 11.9. The lowest BCUT2D eigenvalue weighted by Crippen LogP contribution is -2.68. The Bertz CT molecular complexity index is 420. The van der Waals surface area contributed by atoms with Crippen LogP contribution in [0, 0.1) is 11.3 Å². The molecule has 1 unspecified atom stereocenters. The predicted molar refractivity (Wildman–Crippen MR) is 71.5 cm³/mol. The van der Waals surface area contributed by atoms with E-state index >= 15 is 0 Å². The molecule has 1 saturated heterocycles. The fourth-order valence-electron chi connectivity index (χ4n) is 1.74. The van der Waals surface area contributed by atoms with Crippen molar-refractivity contribution in [2.75, 3.05) is 12.3 Å². The van der Waals surface area contributed by atoms with E-state index in [9.17, 15) is 13.2 Å². The van der Waals surface area contributed by atoms with E-state index in [4.69, 9.17) is 0 Å². The molecular weight excluding hydrogens is 258 g/mol. The van der Waals surface area contributed by atoms with E-state index in [0.717, 1.165) is 4.31 Å². The summed E-state index contributed by atoms with van der Waals surface area (Å²) in [5.74, 6) is 0.303. The molecule has 1 amide bonds. The molecule has 1 rings (SSSR count). The molecule has 0 bridgehead atoms. The number of carbonyl (C=O) groups is 1. The average Bonchev–Trinajstić information content (AvgIpc) is 2.15. The van der Waals surface area contributed by atoms with Crippen molar-refractivity contribution < 1.29 is 13.2 Å². The van der Waals surface area contributed by atoms with Crippen LogP contribution in [0.15, 0.2) is 0 Å². The van der Waals surface area contributed by atoms with Crippen LogP contribution in [-0.4, -0.2) is 35.7 Å². The van der Waals surface area contributed by atoms with Crippen molar-refractivity contribution in [1.29, 1.82) is 0 Å². The molecule has 1 atom stereocenters. The van der Waals surface area contributed by atoms with Crippen LogP contribution in [0.4, 0.5) is 0 Å². The molecule has 0 spiro atoms. The van der Waals surface area contributed by atoms with Gasteiger partial charge >= 0.3 is 0 Å². The molecule has 0 aromatic carbocycles. The quantitative estimate of drug-likeness (QED) is 0.797. The van der Waals surface area contributed by atoms with E-state index in [-0.39, 0.29) is 23.8 Å². The molecule has 6 heteroatoms. The molecule has 0 radical (unpaired) electrons. The van der Waals surface area contributed by atoms with Crippen LogP contribution in [0.3, 0.4) is 0 Å². The lowest BCUT2D eigenvalue weighted by atomic mass is 9.82. The summed E-state index contributed by atoms with van der Waals surface area (Å²) in [6.07, 6.45) is 0. The number of thiol groups is 1. The van der Waals surface area contributed by atoms with Gasteiger partial charge in [-0.25, -0.2) is 12.7 Å². The third-order valence-electron chi connectivity index (χ3n) is 3.51. The van der Waals surface area contributed by atoms with Gasteiger partial charge in [0.15, 0.2) is 4.75 Å². The highest BCUT2D eigenvalue weighted by Crippen LogP contribution is 2.38. The molecule has 17 heavy (non-hydrogen) atoms. The van der Waals surface area contributed by atoms with Crippen molar-refractivity contribution in [2.45, 2.75) is 39.4 Å². The first-order valence-electron chi connectivity index (χ1n) is 5.64. The Labute approximate surface area is 109 Å². The first kappa shape index (κ1) is 14.8. The molecule has 1 aliphatic heterocycles. The standard InChI is InChI=1S/C11H21NO3S2/c1-10(2,3)8(7-16)6-12-9(13)11(4,5)17(12,14)15/h8,16H,6-7H2,1-5H3. The Morgan fingerprint density at radius 1 is 1.35 bits per heavy atom. The van der Waals surface area contributed by atoms with Crippen molar-refractivity contribution in [2.24, 2.45) is 11.3 Å². The summed E-state index contributed by atoms with van der Waals surface area (Å²) in [4.78, 5) is 11.8. The first-order chi connectivity index (χ1) is 7.46. The Morgan fingerprint density at radius 2 is 1.82 bits per heavy atom. The minimum Gasteiger partial charge on any atom is -0.272 e. The number of carbonyl (C=O) groups excluding carboxylic acids is 1. The smallest absolute Gasteiger partial charge is 0.258 e. The number of amides is 1. The van der Waals surface area contributed by atoms with Crippen LogP contribution in [-0.2, 0) is 14.8 Å². The Hall–Kier alpha value is -0.230. The van der Waals surface area contributed by atoms with Crippen molar-refractivity contribution >= 4 is 28.6 Å². The summed E-state index contributed by atoms with van der Waals surface area (Å²) in [5, 5.41) is 0. The number of hydrogen-bond acceptors (Lipinski definition) is 4. The maximum Gasteiger partial charge on any atom is 0.258 e. The molecule has 4 nitrogen and oxygen atoms in total. The molecule has 0 saturated carbocycles. The first-order valence-corrected chi connectivity index (χ1v) is 7.71. The third kappa shape index (κ3) is 2.21. The third-order valence-corrected chi connectivity index (χ3v) is 6.31. The van der Waals surface area contributed by atoms with Crippen molar-refractivity contribution in [3.8, 4) is 0 Å². The second-order valence-electron chi connectivity index (χ2n) is 6.10. The van der Waals surface area contributed by atoms with Crippen LogP contribution in [0.25, 0.3) is 0 Å². The van der Waals surface area contributed by atoms with Gasteiger partial charge in [0.05, 0.1) is 0 Å². The Balaban J connectivity index is 2.89. The van der Waals surface area contributed by atoms with Gasteiger partial charge in [-0.2, -0.15) is 12.6 Å². The monoisotopic (exact) mass is 279 g/mol. The summed E-state index contributed by atoms with van der Waals surface area (Å²) >= 11 is 4.24. The molecule has 0 aromatic heterocycles. The van der Waals surface area contributed by atoms with Crippen LogP contribution in [0.5, 0.6) is 0 Å². The Morgan fingerprint density at radius 3 is 2.12 bits per heavy atom. The fourth-order valence-corrected chi connectivity index (χ4v) is 3.98. The van der Waals surface area contributed by atoms with E-state index < -0.39 is 14.8 Å². The van der Waals surface area contributed by atoms with Gasteiger partial charge in [0.2, 0.25) is 0 Å². The average molecular weight is 279 g/mol. The molecule has 1 heterocycles. The minimum absolute atomic E-state index is 0.0562. The fraction of sp³-hybridized carbons (Fsp3) is 0.909. The van der Waals surface area contributed by atoms with Gasteiger partial charge in [0, 0.05) is 6.54 Å². The van der Waals surface area contributed by atoms with Crippen LogP contribution in [0.1, 0.15) is 34.6 Å². The minimum atomic E-state index is -3.47. The Kier molecular flexibility index (Phi) is 3.63. The lowest BCUT2D eigenvalue weighted by Gasteiger charge is -2.46. The largest absolute Gasteiger partial charge is 0.272 e. The highest BCUT2D eigenvalue weighted by atomic mass is 32.2. The summed E-state index contributed by atoms with van der Waals surface area (Å²) in [5.41, 5.74) is -0.0721. The van der Waals surface area contributed by atoms with Crippen LogP contribution >= 0.6 is 12.6 Å². The zero-order chi connectivity index (χ0) is 13.6. The van der Waals surface area contributed by atoms with Gasteiger partial charge in [0.1, 0.15) is 0 Å². The summed E-state index contributed by atoms with van der Waals surface area (Å²) in [6, 6.07) is 0. The zero-order valence-electron chi connectivity index (χ0n) is 11.0. The van der Waals surface area contributed by atoms with Crippen LogP contribution < -0.4 is 0 Å². The molecule has 0 N–H and O–H groups in total.